The second-order valence-corrected chi connectivity index (χ2v) is 4.96. The van der Waals surface area contributed by atoms with Crippen LogP contribution in [0, 0.1) is 12.7 Å². The van der Waals surface area contributed by atoms with Crippen molar-refractivity contribution in [2.75, 3.05) is 0 Å². The van der Waals surface area contributed by atoms with Crippen molar-refractivity contribution in [3.05, 3.63) is 46.6 Å². The summed E-state index contributed by atoms with van der Waals surface area (Å²) < 4.78 is 13.8. The first-order valence-corrected chi connectivity index (χ1v) is 6.33. The fourth-order valence-corrected chi connectivity index (χ4v) is 2.87. The molecule has 0 fully saturated rings. The standard InChI is InChI=1S/C14H13FOS/c1-3-11(16)12-7-8-13(17-12)14-9(2)5-4-6-10(14)15/h4-8H,3H2,1-2H3. The first-order valence-electron chi connectivity index (χ1n) is 5.52. The molecule has 88 valence electrons. The summed E-state index contributed by atoms with van der Waals surface area (Å²) in [4.78, 5) is 13.1. The van der Waals surface area contributed by atoms with Gasteiger partial charge < -0.3 is 0 Å². The summed E-state index contributed by atoms with van der Waals surface area (Å²) in [5.74, 6) is -0.127. The molecule has 0 radical (unpaired) electrons. The van der Waals surface area contributed by atoms with Crippen molar-refractivity contribution < 1.29 is 9.18 Å². The molecule has 2 aromatic rings. The maximum Gasteiger partial charge on any atom is 0.172 e. The lowest BCUT2D eigenvalue weighted by Gasteiger charge is -2.03. The van der Waals surface area contributed by atoms with Crippen molar-refractivity contribution in [1.82, 2.24) is 0 Å². The average molecular weight is 248 g/mol. The Balaban J connectivity index is 2.47. The number of Topliss-reactive ketones (excluding diaryl/α,β-unsaturated/α-hetero) is 1. The van der Waals surface area contributed by atoms with Crippen LogP contribution in [0.2, 0.25) is 0 Å². The van der Waals surface area contributed by atoms with E-state index in [1.807, 2.05) is 26.0 Å². The fraction of sp³-hybridized carbons (Fsp3) is 0.214. The monoisotopic (exact) mass is 248 g/mol. The Bertz CT molecular complexity index is 537. The highest BCUT2D eigenvalue weighted by molar-refractivity contribution is 7.17. The molecule has 0 amide bonds. The topological polar surface area (TPSA) is 17.1 Å². The van der Waals surface area contributed by atoms with Gasteiger partial charge in [-0.25, -0.2) is 4.39 Å². The van der Waals surface area contributed by atoms with Crippen molar-refractivity contribution in [2.45, 2.75) is 20.3 Å². The number of benzene rings is 1. The summed E-state index contributed by atoms with van der Waals surface area (Å²) in [5, 5.41) is 0. The number of carbonyl (C=O) groups is 1. The molecule has 0 N–H and O–H groups in total. The number of ketones is 1. The Labute approximate surface area is 104 Å². The first-order chi connectivity index (χ1) is 8.13. The second-order valence-electron chi connectivity index (χ2n) is 3.87. The van der Waals surface area contributed by atoms with E-state index in [2.05, 4.69) is 0 Å². The van der Waals surface area contributed by atoms with Crippen LogP contribution < -0.4 is 0 Å². The summed E-state index contributed by atoms with van der Waals surface area (Å²) >= 11 is 1.36. The van der Waals surface area contributed by atoms with E-state index in [9.17, 15) is 9.18 Å². The predicted molar refractivity (Wildman–Crippen MR) is 69.1 cm³/mol. The summed E-state index contributed by atoms with van der Waals surface area (Å²) in [7, 11) is 0. The Hall–Kier alpha value is -1.48. The maximum atomic E-state index is 13.8. The molecule has 0 spiro atoms. The number of aryl methyl sites for hydroxylation is 1. The van der Waals surface area contributed by atoms with Gasteiger partial charge in [0.1, 0.15) is 5.82 Å². The third-order valence-corrected chi connectivity index (χ3v) is 3.81. The zero-order valence-corrected chi connectivity index (χ0v) is 10.6. The van der Waals surface area contributed by atoms with Crippen molar-refractivity contribution >= 4 is 17.1 Å². The van der Waals surface area contributed by atoms with E-state index in [-0.39, 0.29) is 11.6 Å². The Morgan fingerprint density at radius 3 is 2.71 bits per heavy atom. The van der Waals surface area contributed by atoms with E-state index in [4.69, 9.17) is 0 Å². The van der Waals surface area contributed by atoms with Crippen LogP contribution in [-0.2, 0) is 0 Å². The van der Waals surface area contributed by atoms with Crippen LogP contribution >= 0.6 is 11.3 Å². The van der Waals surface area contributed by atoms with Gasteiger partial charge in [-0.1, -0.05) is 19.1 Å². The minimum Gasteiger partial charge on any atom is -0.293 e. The minimum atomic E-state index is -0.234. The lowest BCUT2D eigenvalue weighted by atomic mass is 10.1. The lowest BCUT2D eigenvalue weighted by Crippen LogP contribution is -1.90. The van der Waals surface area contributed by atoms with Gasteiger partial charge in [0.05, 0.1) is 4.88 Å². The third kappa shape index (κ3) is 2.29. The molecule has 0 aliphatic rings. The molecule has 0 saturated heterocycles. The van der Waals surface area contributed by atoms with E-state index in [0.717, 1.165) is 10.4 Å². The molecular formula is C14H13FOS. The number of halogens is 1. The highest BCUT2D eigenvalue weighted by Gasteiger charge is 2.13. The molecule has 1 aromatic heterocycles. The van der Waals surface area contributed by atoms with E-state index in [1.54, 1.807) is 12.1 Å². The normalized spacial score (nSPS) is 10.5. The number of hydrogen-bond donors (Lipinski definition) is 0. The molecule has 1 nitrogen and oxygen atoms in total. The third-order valence-electron chi connectivity index (χ3n) is 2.67. The molecule has 0 aliphatic carbocycles. The number of carbonyl (C=O) groups excluding carboxylic acids is 1. The van der Waals surface area contributed by atoms with Crippen LogP contribution in [0.25, 0.3) is 10.4 Å². The van der Waals surface area contributed by atoms with E-state index in [1.165, 1.54) is 17.4 Å². The van der Waals surface area contributed by atoms with Crippen LogP contribution in [-0.4, -0.2) is 5.78 Å². The average Bonchev–Trinajstić information content (AvgIpc) is 2.77. The second kappa shape index (κ2) is 4.80. The number of rotatable bonds is 3. The van der Waals surface area contributed by atoms with E-state index >= 15 is 0 Å². The molecular weight excluding hydrogens is 235 g/mol. The zero-order valence-electron chi connectivity index (χ0n) is 9.79. The van der Waals surface area contributed by atoms with Crippen molar-refractivity contribution in [3.8, 4) is 10.4 Å². The van der Waals surface area contributed by atoms with Crippen molar-refractivity contribution in [3.63, 3.8) is 0 Å². The number of hydrogen-bond acceptors (Lipinski definition) is 2. The molecule has 3 heteroatoms. The van der Waals surface area contributed by atoms with Crippen LogP contribution in [0.5, 0.6) is 0 Å². The van der Waals surface area contributed by atoms with Gasteiger partial charge in [0.25, 0.3) is 0 Å². The van der Waals surface area contributed by atoms with E-state index in [0.29, 0.717) is 16.9 Å². The van der Waals surface area contributed by atoms with Crippen LogP contribution in [0.4, 0.5) is 4.39 Å². The number of thiophene rings is 1. The van der Waals surface area contributed by atoms with Gasteiger partial charge in [-0.2, -0.15) is 0 Å². The van der Waals surface area contributed by atoms with E-state index < -0.39 is 0 Å². The van der Waals surface area contributed by atoms with Gasteiger partial charge in [-0.15, -0.1) is 11.3 Å². The molecule has 1 heterocycles. The lowest BCUT2D eigenvalue weighted by molar-refractivity contribution is 0.0992. The van der Waals surface area contributed by atoms with Crippen LogP contribution in [0.3, 0.4) is 0 Å². The Kier molecular flexibility index (Phi) is 3.38. The molecule has 0 bridgehead atoms. The molecule has 0 aliphatic heterocycles. The van der Waals surface area contributed by atoms with Gasteiger partial charge >= 0.3 is 0 Å². The molecule has 17 heavy (non-hydrogen) atoms. The molecule has 2 rings (SSSR count). The van der Waals surface area contributed by atoms with Gasteiger partial charge in [-0.05, 0) is 30.7 Å². The van der Waals surface area contributed by atoms with Crippen LogP contribution in [0.15, 0.2) is 30.3 Å². The summed E-state index contributed by atoms with van der Waals surface area (Å²) in [5.41, 5.74) is 1.50. The fourth-order valence-electron chi connectivity index (χ4n) is 1.74. The first kappa shape index (κ1) is 12.0. The summed E-state index contributed by atoms with van der Waals surface area (Å²) in [6, 6.07) is 8.61. The largest absolute Gasteiger partial charge is 0.293 e. The molecule has 0 unspecified atom stereocenters. The minimum absolute atomic E-state index is 0.107. The van der Waals surface area contributed by atoms with Crippen molar-refractivity contribution in [1.29, 1.82) is 0 Å². The molecule has 0 atom stereocenters. The SMILES string of the molecule is CCC(=O)c1ccc(-c2c(C)cccc2F)s1. The highest BCUT2D eigenvalue weighted by Crippen LogP contribution is 2.32. The maximum absolute atomic E-state index is 13.8. The quantitative estimate of drug-likeness (QED) is 0.733. The predicted octanol–water partition coefficient (Wildman–Crippen LogP) is 4.46. The molecule has 0 saturated carbocycles. The highest BCUT2D eigenvalue weighted by atomic mass is 32.1. The smallest absolute Gasteiger partial charge is 0.172 e. The Morgan fingerprint density at radius 2 is 2.06 bits per heavy atom. The van der Waals surface area contributed by atoms with Gasteiger partial charge in [0.15, 0.2) is 5.78 Å². The molecule has 1 aromatic carbocycles. The van der Waals surface area contributed by atoms with Gasteiger partial charge in [0.2, 0.25) is 0 Å². The summed E-state index contributed by atoms with van der Waals surface area (Å²) in [6.07, 6.45) is 0.482. The Morgan fingerprint density at radius 1 is 1.29 bits per heavy atom. The summed E-state index contributed by atoms with van der Waals surface area (Å²) in [6.45, 7) is 3.70. The zero-order chi connectivity index (χ0) is 12.4. The van der Waals surface area contributed by atoms with Crippen molar-refractivity contribution in [2.24, 2.45) is 0 Å². The van der Waals surface area contributed by atoms with Gasteiger partial charge in [-0.3, -0.25) is 4.79 Å². The van der Waals surface area contributed by atoms with Gasteiger partial charge in [0, 0.05) is 16.9 Å². The van der Waals surface area contributed by atoms with Crippen LogP contribution in [0.1, 0.15) is 28.6 Å².